The van der Waals surface area contributed by atoms with Gasteiger partial charge in [-0.2, -0.15) is 0 Å². The summed E-state index contributed by atoms with van der Waals surface area (Å²) in [6.45, 7) is 11.7. The maximum absolute atomic E-state index is 12.1. The topological polar surface area (TPSA) is 43.4 Å². The van der Waals surface area contributed by atoms with Crippen LogP contribution in [0, 0.1) is 17.8 Å². The normalized spacial score (nSPS) is 13.2. The van der Waals surface area contributed by atoms with E-state index in [-0.39, 0.29) is 29.7 Å². The summed E-state index contributed by atoms with van der Waals surface area (Å²) in [5.41, 5.74) is 0. The summed E-state index contributed by atoms with van der Waals surface area (Å²) in [4.78, 5) is 23.6. The second kappa shape index (κ2) is 8.28. The number of carbonyl (C=O) groups excluding carboxylic acids is 2. The fourth-order valence-corrected chi connectivity index (χ4v) is 2.03. The van der Waals surface area contributed by atoms with Gasteiger partial charge in [-0.25, -0.2) is 0 Å². The second-order valence-electron chi connectivity index (χ2n) is 5.96. The molecule has 3 nitrogen and oxygen atoms in total. The summed E-state index contributed by atoms with van der Waals surface area (Å²) in [5.74, 6) is 0.565. The summed E-state index contributed by atoms with van der Waals surface area (Å²) in [6.07, 6.45) is 1.72. The van der Waals surface area contributed by atoms with Crippen LogP contribution in [-0.2, 0) is 14.3 Å². The van der Waals surface area contributed by atoms with Crippen molar-refractivity contribution in [2.75, 3.05) is 0 Å². The highest BCUT2D eigenvalue weighted by molar-refractivity contribution is 5.83. The molecule has 0 aromatic heterocycles. The molecule has 0 bridgehead atoms. The molecule has 0 aliphatic carbocycles. The Balaban J connectivity index is 4.33. The third kappa shape index (κ3) is 7.46. The fraction of sp³-hybridized carbons (Fsp3) is 0.867. The quantitative estimate of drug-likeness (QED) is 0.623. The van der Waals surface area contributed by atoms with Crippen molar-refractivity contribution in [2.24, 2.45) is 17.8 Å². The molecule has 0 aromatic rings. The van der Waals surface area contributed by atoms with E-state index in [9.17, 15) is 9.59 Å². The zero-order chi connectivity index (χ0) is 14.3. The Morgan fingerprint density at radius 2 is 1.56 bits per heavy atom. The average molecular weight is 256 g/mol. The van der Waals surface area contributed by atoms with Crippen molar-refractivity contribution in [1.29, 1.82) is 0 Å². The van der Waals surface area contributed by atoms with Gasteiger partial charge in [0.1, 0.15) is 5.78 Å². The Morgan fingerprint density at radius 3 is 1.94 bits per heavy atom. The molecule has 0 aliphatic rings. The summed E-state index contributed by atoms with van der Waals surface area (Å²) < 4.78 is 5.10. The molecule has 0 aromatic carbocycles. The summed E-state index contributed by atoms with van der Waals surface area (Å²) in [7, 11) is 0. The molecule has 1 atom stereocenters. The van der Waals surface area contributed by atoms with Crippen molar-refractivity contribution in [3.63, 3.8) is 0 Å². The predicted octanol–water partition coefficient (Wildman–Crippen LogP) is 3.61. The molecule has 0 N–H and O–H groups in total. The molecule has 106 valence electrons. The highest BCUT2D eigenvalue weighted by atomic mass is 16.5. The predicted molar refractivity (Wildman–Crippen MR) is 73.3 cm³/mol. The van der Waals surface area contributed by atoms with Gasteiger partial charge >= 0.3 is 5.97 Å². The number of rotatable bonds is 8. The van der Waals surface area contributed by atoms with Crippen LogP contribution in [0.5, 0.6) is 0 Å². The Morgan fingerprint density at radius 1 is 1.00 bits per heavy atom. The molecule has 0 aliphatic heterocycles. The second-order valence-corrected chi connectivity index (χ2v) is 5.96. The SMILES string of the molecule is CC(C)CC(CCC(=O)OC(C)C)C(=O)C(C)C. The first-order valence-electron chi connectivity index (χ1n) is 6.97. The van der Waals surface area contributed by atoms with Crippen molar-refractivity contribution in [1.82, 2.24) is 0 Å². The molecule has 0 heterocycles. The van der Waals surface area contributed by atoms with Crippen LogP contribution in [0.15, 0.2) is 0 Å². The molecule has 0 rings (SSSR count). The lowest BCUT2D eigenvalue weighted by atomic mass is 9.85. The molecule has 0 radical (unpaired) electrons. The van der Waals surface area contributed by atoms with E-state index in [2.05, 4.69) is 13.8 Å². The number of ketones is 1. The smallest absolute Gasteiger partial charge is 0.306 e. The highest BCUT2D eigenvalue weighted by Crippen LogP contribution is 2.22. The fourth-order valence-electron chi connectivity index (χ4n) is 2.03. The van der Waals surface area contributed by atoms with Gasteiger partial charge in [0.2, 0.25) is 0 Å². The molecule has 18 heavy (non-hydrogen) atoms. The van der Waals surface area contributed by atoms with Gasteiger partial charge in [0, 0.05) is 18.3 Å². The molecule has 0 spiro atoms. The molecule has 3 heteroatoms. The van der Waals surface area contributed by atoms with Crippen molar-refractivity contribution in [3.8, 4) is 0 Å². The van der Waals surface area contributed by atoms with E-state index in [0.29, 0.717) is 18.8 Å². The van der Waals surface area contributed by atoms with E-state index >= 15 is 0 Å². The van der Waals surface area contributed by atoms with E-state index in [1.165, 1.54) is 0 Å². The van der Waals surface area contributed by atoms with Crippen LogP contribution < -0.4 is 0 Å². The van der Waals surface area contributed by atoms with Crippen LogP contribution in [0.25, 0.3) is 0 Å². The minimum Gasteiger partial charge on any atom is -0.463 e. The number of hydrogen-bond acceptors (Lipinski definition) is 3. The Labute approximate surface area is 111 Å². The van der Waals surface area contributed by atoms with Crippen LogP contribution in [0.2, 0.25) is 0 Å². The van der Waals surface area contributed by atoms with E-state index in [1.807, 2.05) is 27.7 Å². The lowest BCUT2D eigenvalue weighted by Crippen LogP contribution is -2.23. The summed E-state index contributed by atoms with van der Waals surface area (Å²) in [6, 6.07) is 0. The first kappa shape index (κ1) is 17.1. The lowest BCUT2D eigenvalue weighted by molar-refractivity contribution is -0.147. The Bertz CT molecular complexity index is 267. The summed E-state index contributed by atoms with van der Waals surface area (Å²) in [5, 5.41) is 0. The van der Waals surface area contributed by atoms with Gasteiger partial charge in [-0.1, -0.05) is 27.7 Å². The van der Waals surface area contributed by atoms with Crippen LogP contribution in [0.1, 0.15) is 60.8 Å². The van der Waals surface area contributed by atoms with Gasteiger partial charge in [-0.3, -0.25) is 9.59 Å². The monoisotopic (exact) mass is 256 g/mol. The van der Waals surface area contributed by atoms with Crippen molar-refractivity contribution in [3.05, 3.63) is 0 Å². The maximum Gasteiger partial charge on any atom is 0.306 e. The first-order valence-corrected chi connectivity index (χ1v) is 6.97. The van der Waals surface area contributed by atoms with Crippen molar-refractivity contribution in [2.45, 2.75) is 66.9 Å². The van der Waals surface area contributed by atoms with Gasteiger partial charge in [-0.05, 0) is 32.6 Å². The number of carbonyl (C=O) groups is 2. The molecule has 0 amide bonds. The molecule has 0 fully saturated rings. The number of hydrogen-bond donors (Lipinski definition) is 0. The van der Waals surface area contributed by atoms with E-state index in [4.69, 9.17) is 4.74 Å². The van der Waals surface area contributed by atoms with Gasteiger partial charge in [0.15, 0.2) is 0 Å². The third-order valence-corrected chi connectivity index (χ3v) is 2.79. The van der Waals surface area contributed by atoms with Crippen molar-refractivity contribution >= 4 is 11.8 Å². The number of ether oxygens (including phenoxy) is 1. The molecule has 0 saturated carbocycles. The summed E-state index contributed by atoms with van der Waals surface area (Å²) >= 11 is 0. The van der Waals surface area contributed by atoms with Crippen LogP contribution in [0.4, 0.5) is 0 Å². The van der Waals surface area contributed by atoms with Crippen LogP contribution in [-0.4, -0.2) is 17.9 Å². The minimum atomic E-state index is -0.199. The van der Waals surface area contributed by atoms with Gasteiger partial charge in [0.25, 0.3) is 0 Å². The minimum absolute atomic E-state index is 0.00953. The Hall–Kier alpha value is -0.860. The van der Waals surface area contributed by atoms with Crippen LogP contribution in [0.3, 0.4) is 0 Å². The Kier molecular flexibility index (Phi) is 7.88. The van der Waals surface area contributed by atoms with Crippen LogP contribution >= 0.6 is 0 Å². The zero-order valence-corrected chi connectivity index (χ0v) is 12.7. The largest absolute Gasteiger partial charge is 0.463 e. The third-order valence-electron chi connectivity index (χ3n) is 2.79. The van der Waals surface area contributed by atoms with Crippen molar-refractivity contribution < 1.29 is 14.3 Å². The van der Waals surface area contributed by atoms with E-state index < -0.39 is 0 Å². The molecule has 1 unspecified atom stereocenters. The van der Waals surface area contributed by atoms with Gasteiger partial charge in [0.05, 0.1) is 6.10 Å². The number of esters is 1. The standard InChI is InChI=1S/C15H28O3/c1-10(2)9-13(15(17)11(3)4)7-8-14(16)18-12(5)6/h10-13H,7-9H2,1-6H3. The zero-order valence-electron chi connectivity index (χ0n) is 12.7. The molecule has 0 saturated heterocycles. The van der Waals surface area contributed by atoms with Gasteiger partial charge in [-0.15, -0.1) is 0 Å². The first-order chi connectivity index (χ1) is 8.23. The van der Waals surface area contributed by atoms with Gasteiger partial charge < -0.3 is 4.74 Å². The highest BCUT2D eigenvalue weighted by Gasteiger charge is 2.23. The molecular weight excluding hydrogens is 228 g/mol. The lowest BCUT2D eigenvalue weighted by Gasteiger charge is -2.19. The molecular formula is C15H28O3. The average Bonchev–Trinajstić information content (AvgIpc) is 2.21. The number of Topliss-reactive ketones (excluding diaryl/α,β-unsaturated/α-hetero) is 1. The van der Waals surface area contributed by atoms with E-state index in [0.717, 1.165) is 6.42 Å². The maximum atomic E-state index is 12.1. The van der Waals surface area contributed by atoms with E-state index in [1.54, 1.807) is 0 Å².